The second kappa shape index (κ2) is 4.14. The molecule has 1 heterocycles. The summed E-state index contributed by atoms with van der Waals surface area (Å²) in [4.78, 5) is 14.6. The molecule has 0 saturated carbocycles. The van der Waals surface area contributed by atoms with Crippen LogP contribution >= 0.6 is 0 Å². The number of nitrogens with one attached hydrogen (secondary N) is 1. The molecule has 17 heavy (non-hydrogen) atoms. The largest absolute Gasteiger partial charge is 0.495 e. The summed E-state index contributed by atoms with van der Waals surface area (Å²) in [5.41, 5.74) is 6.71. The Kier molecular flexibility index (Phi) is 2.66. The Morgan fingerprint density at radius 2 is 2.35 bits per heavy atom. The van der Waals surface area contributed by atoms with E-state index < -0.39 is 12.1 Å². The van der Waals surface area contributed by atoms with E-state index in [0.29, 0.717) is 16.9 Å². The number of amides is 2. The van der Waals surface area contributed by atoms with Gasteiger partial charge in [-0.25, -0.2) is 4.79 Å². The second-order valence-electron chi connectivity index (χ2n) is 3.49. The quantitative estimate of drug-likeness (QED) is 0.780. The van der Waals surface area contributed by atoms with Crippen LogP contribution in [0.2, 0.25) is 0 Å². The minimum Gasteiger partial charge on any atom is -0.495 e. The zero-order chi connectivity index (χ0) is 12.4. The molecule has 1 aromatic carbocycles. The van der Waals surface area contributed by atoms with Crippen molar-refractivity contribution in [3.8, 4) is 11.8 Å². The Labute approximate surface area is 97.7 Å². The summed E-state index contributed by atoms with van der Waals surface area (Å²) >= 11 is 0. The number of benzene rings is 1. The molecule has 1 unspecified atom stereocenters. The van der Waals surface area contributed by atoms with Gasteiger partial charge >= 0.3 is 6.03 Å². The lowest BCUT2D eigenvalue weighted by Gasteiger charge is -2.12. The van der Waals surface area contributed by atoms with Gasteiger partial charge in [0.05, 0.1) is 12.7 Å². The van der Waals surface area contributed by atoms with Crippen LogP contribution in [0.25, 0.3) is 0 Å². The van der Waals surface area contributed by atoms with Gasteiger partial charge in [-0.15, -0.1) is 0 Å². The lowest BCUT2D eigenvalue weighted by atomic mass is 10.0. The van der Waals surface area contributed by atoms with Crippen molar-refractivity contribution in [2.24, 2.45) is 10.7 Å². The van der Waals surface area contributed by atoms with Gasteiger partial charge in [-0.2, -0.15) is 10.3 Å². The molecule has 86 valence electrons. The Bertz CT molecular complexity index is 545. The normalized spacial score (nSPS) is 18.2. The van der Waals surface area contributed by atoms with Crippen molar-refractivity contribution < 1.29 is 9.53 Å². The van der Waals surface area contributed by atoms with Crippen LogP contribution in [0.5, 0.6) is 5.75 Å². The number of hydrogen-bond acceptors (Lipinski definition) is 4. The molecular weight excluding hydrogens is 220 g/mol. The van der Waals surface area contributed by atoms with Crippen molar-refractivity contribution in [1.29, 1.82) is 5.26 Å². The minimum atomic E-state index is -0.472. The van der Waals surface area contributed by atoms with Crippen molar-refractivity contribution >= 4 is 11.9 Å². The summed E-state index contributed by atoms with van der Waals surface area (Å²) < 4.78 is 5.03. The van der Waals surface area contributed by atoms with Gasteiger partial charge in [-0.1, -0.05) is 6.07 Å². The highest BCUT2D eigenvalue weighted by Gasteiger charge is 2.25. The van der Waals surface area contributed by atoms with Gasteiger partial charge in [0.25, 0.3) is 0 Å². The SMILES string of the molecule is COc1ccc(C2NC(=O)N=C2N)cc1C#N. The monoisotopic (exact) mass is 230 g/mol. The number of carbonyl (C=O) groups excluding carboxylic acids is 1. The zero-order valence-electron chi connectivity index (χ0n) is 9.10. The van der Waals surface area contributed by atoms with E-state index in [0.717, 1.165) is 0 Å². The minimum absolute atomic E-state index is 0.198. The molecule has 1 aromatic rings. The van der Waals surface area contributed by atoms with Crippen molar-refractivity contribution in [1.82, 2.24) is 5.32 Å². The Hall–Kier alpha value is -2.55. The molecular formula is C11H10N4O2. The first-order chi connectivity index (χ1) is 8.15. The molecule has 1 aliphatic heterocycles. The predicted octanol–water partition coefficient (Wildman–Crippen LogP) is 0.688. The van der Waals surface area contributed by atoms with E-state index in [1.807, 2.05) is 6.07 Å². The van der Waals surface area contributed by atoms with Crippen molar-refractivity contribution in [3.05, 3.63) is 29.3 Å². The van der Waals surface area contributed by atoms with E-state index in [-0.39, 0.29) is 5.84 Å². The number of ether oxygens (including phenoxy) is 1. The summed E-state index contributed by atoms with van der Waals surface area (Å²) in [5, 5.41) is 11.5. The first kappa shape index (κ1) is 11.0. The summed E-state index contributed by atoms with van der Waals surface area (Å²) in [6.07, 6.45) is 0. The molecule has 0 aromatic heterocycles. The fourth-order valence-electron chi connectivity index (χ4n) is 1.66. The molecule has 1 atom stereocenters. The Morgan fingerprint density at radius 1 is 1.59 bits per heavy atom. The van der Waals surface area contributed by atoms with Gasteiger partial charge in [0, 0.05) is 0 Å². The number of nitriles is 1. The van der Waals surface area contributed by atoms with Crippen LogP contribution in [0.15, 0.2) is 23.2 Å². The van der Waals surface area contributed by atoms with Crippen molar-refractivity contribution in [2.45, 2.75) is 6.04 Å². The third-order valence-corrected chi connectivity index (χ3v) is 2.47. The maximum Gasteiger partial charge on any atom is 0.343 e. The Balaban J connectivity index is 2.39. The van der Waals surface area contributed by atoms with Gasteiger partial charge in [-0.05, 0) is 17.7 Å². The van der Waals surface area contributed by atoms with Gasteiger partial charge in [0.2, 0.25) is 0 Å². The van der Waals surface area contributed by atoms with E-state index in [1.165, 1.54) is 7.11 Å². The number of urea groups is 1. The van der Waals surface area contributed by atoms with Gasteiger partial charge in [0.15, 0.2) is 0 Å². The molecule has 3 N–H and O–H groups in total. The van der Waals surface area contributed by atoms with Crippen LogP contribution < -0.4 is 15.8 Å². The van der Waals surface area contributed by atoms with Gasteiger partial charge in [-0.3, -0.25) is 0 Å². The summed E-state index contributed by atoms with van der Waals surface area (Å²) in [6.45, 7) is 0. The summed E-state index contributed by atoms with van der Waals surface area (Å²) in [7, 11) is 1.49. The van der Waals surface area contributed by atoms with Gasteiger partial charge in [0.1, 0.15) is 23.7 Å². The zero-order valence-corrected chi connectivity index (χ0v) is 9.10. The van der Waals surface area contributed by atoms with Gasteiger partial charge < -0.3 is 15.8 Å². The summed E-state index contributed by atoms with van der Waals surface area (Å²) in [6, 6.07) is 6.09. The molecule has 2 amide bonds. The van der Waals surface area contributed by atoms with Crippen LogP contribution in [0.1, 0.15) is 17.2 Å². The average molecular weight is 230 g/mol. The molecule has 1 aliphatic rings. The molecule has 6 nitrogen and oxygen atoms in total. The number of nitrogens with zero attached hydrogens (tertiary/aromatic N) is 2. The molecule has 2 rings (SSSR count). The number of amidine groups is 1. The number of nitrogens with two attached hydrogens (primary N) is 1. The Morgan fingerprint density at radius 3 is 2.88 bits per heavy atom. The third kappa shape index (κ3) is 1.90. The lowest BCUT2D eigenvalue weighted by Crippen LogP contribution is -2.27. The molecule has 0 radical (unpaired) electrons. The third-order valence-electron chi connectivity index (χ3n) is 2.47. The molecule has 0 fully saturated rings. The predicted molar refractivity (Wildman–Crippen MR) is 60.6 cm³/mol. The highest BCUT2D eigenvalue weighted by Crippen LogP contribution is 2.24. The first-order valence-corrected chi connectivity index (χ1v) is 4.88. The van der Waals surface area contributed by atoms with Crippen LogP contribution in [0.3, 0.4) is 0 Å². The standard InChI is InChI=1S/C11H10N4O2/c1-17-8-3-2-6(4-7(8)5-12)9-10(13)15-11(16)14-9/h2-4,9H,1H3,(H3,13,14,15,16). The maximum absolute atomic E-state index is 11.0. The van der Waals surface area contributed by atoms with Crippen LogP contribution in [0, 0.1) is 11.3 Å². The summed E-state index contributed by atoms with van der Waals surface area (Å²) in [5.74, 6) is 0.681. The smallest absolute Gasteiger partial charge is 0.343 e. The number of methoxy groups -OCH3 is 1. The highest BCUT2D eigenvalue weighted by molar-refractivity contribution is 6.03. The molecule has 6 heteroatoms. The van der Waals surface area contributed by atoms with E-state index in [2.05, 4.69) is 10.3 Å². The van der Waals surface area contributed by atoms with E-state index in [4.69, 9.17) is 15.7 Å². The molecule has 0 spiro atoms. The number of aliphatic imine (C=N–C) groups is 1. The van der Waals surface area contributed by atoms with Crippen molar-refractivity contribution in [3.63, 3.8) is 0 Å². The number of carbonyl (C=O) groups is 1. The maximum atomic E-state index is 11.0. The topological polar surface area (TPSA) is 100 Å². The average Bonchev–Trinajstić information content (AvgIpc) is 2.67. The van der Waals surface area contributed by atoms with E-state index in [1.54, 1.807) is 18.2 Å². The fourth-order valence-corrected chi connectivity index (χ4v) is 1.66. The number of rotatable bonds is 2. The number of hydrogen-bond donors (Lipinski definition) is 2. The molecule has 0 saturated heterocycles. The van der Waals surface area contributed by atoms with Crippen LogP contribution in [-0.2, 0) is 0 Å². The van der Waals surface area contributed by atoms with E-state index >= 15 is 0 Å². The first-order valence-electron chi connectivity index (χ1n) is 4.88. The fraction of sp³-hybridized carbons (Fsp3) is 0.182. The van der Waals surface area contributed by atoms with Crippen LogP contribution in [0.4, 0.5) is 4.79 Å². The second-order valence-corrected chi connectivity index (χ2v) is 3.49. The van der Waals surface area contributed by atoms with E-state index in [9.17, 15) is 4.79 Å². The lowest BCUT2D eigenvalue weighted by molar-refractivity contribution is 0.250. The highest BCUT2D eigenvalue weighted by atomic mass is 16.5. The van der Waals surface area contributed by atoms with Crippen molar-refractivity contribution in [2.75, 3.05) is 7.11 Å². The molecule has 0 bridgehead atoms. The van der Waals surface area contributed by atoms with Crippen LogP contribution in [-0.4, -0.2) is 19.0 Å². The molecule has 0 aliphatic carbocycles.